The van der Waals surface area contributed by atoms with Crippen LogP contribution in [-0.2, 0) is 20.9 Å². The second-order valence-electron chi connectivity index (χ2n) is 10.3. The van der Waals surface area contributed by atoms with Gasteiger partial charge in [-0.15, -0.1) is 0 Å². The van der Waals surface area contributed by atoms with Gasteiger partial charge in [-0.05, 0) is 79.4 Å². The summed E-state index contributed by atoms with van der Waals surface area (Å²) < 4.78 is 10.8. The number of hydrogen-bond donors (Lipinski definition) is 2. The lowest BCUT2D eigenvalue weighted by Crippen LogP contribution is -2.43. The largest absolute Gasteiger partial charge is 0.494 e. The predicted octanol–water partition coefficient (Wildman–Crippen LogP) is 6.70. The smallest absolute Gasteiger partial charge is 0.252 e. The summed E-state index contributed by atoms with van der Waals surface area (Å²) in [5, 5.41) is 5.65. The van der Waals surface area contributed by atoms with Gasteiger partial charge in [-0.3, -0.25) is 19.3 Å². The Balaban J connectivity index is 1.65. The number of carbonyl (C=O) groups is 3. The van der Waals surface area contributed by atoms with E-state index in [-0.39, 0.29) is 12.5 Å². The summed E-state index contributed by atoms with van der Waals surface area (Å²) in [4.78, 5) is 41.9. The Hall–Kier alpha value is -5.11. The molecule has 1 heterocycles. The van der Waals surface area contributed by atoms with Crippen molar-refractivity contribution in [1.29, 1.82) is 0 Å². The van der Waals surface area contributed by atoms with E-state index in [1.54, 1.807) is 36.4 Å². The minimum absolute atomic E-state index is 0.156. The van der Waals surface area contributed by atoms with Crippen molar-refractivity contribution in [3.8, 4) is 5.75 Å². The highest BCUT2D eigenvalue weighted by Gasteiger charge is 2.32. The number of aryl methyl sites for hydroxylation is 1. The van der Waals surface area contributed by atoms with Crippen LogP contribution in [0.1, 0.15) is 55.2 Å². The highest BCUT2D eigenvalue weighted by atomic mass is 16.5. The topological polar surface area (TPSA) is 101 Å². The van der Waals surface area contributed by atoms with Gasteiger partial charge in [0.25, 0.3) is 5.91 Å². The first kappa shape index (κ1) is 30.8. The molecule has 0 spiro atoms. The molecule has 0 saturated heterocycles. The summed E-state index contributed by atoms with van der Waals surface area (Å²) in [6.45, 7) is 8.71. The maximum atomic E-state index is 13.9. The van der Waals surface area contributed by atoms with Crippen LogP contribution in [0.5, 0.6) is 5.75 Å². The fourth-order valence-corrected chi connectivity index (χ4v) is 4.49. The molecule has 4 aromatic rings. The van der Waals surface area contributed by atoms with E-state index in [1.165, 1.54) is 23.3 Å². The van der Waals surface area contributed by atoms with E-state index in [0.29, 0.717) is 35.1 Å². The number of furan rings is 1. The third-order valence-corrected chi connectivity index (χ3v) is 6.80. The Kier molecular flexibility index (Phi) is 10.5. The molecule has 3 aromatic carbocycles. The Bertz CT molecular complexity index is 1520. The Morgan fingerprint density at radius 1 is 0.884 bits per heavy atom. The molecule has 0 bridgehead atoms. The predicted molar refractivity (Wildman–Crippen MR) is 168 cm³/mol. The average molecular weight is 580 g/mol. The lowest BCUT2D eigenvalue weighted by Gasteiger charge is -2.31. The zero-order chi connectivity index (χ0) is 30.8. The highest BCUT2D eigenvalue weighted by Crippen LogP contribution is 2.30. The first-order chi connectivity index (χ1) is 20.7. The van der Waals surface area contributed by atoms with Crippen LogP contribution in [0.4, 0.5) is 11.4 Å². The molecule has 222 valence electrons. The minimum atomic E-state index is -1.02. The summed E-state index contributed by atoms with van der Waals surface area (Å²) in [5.74, 6) is 0.154. The van der Waals surface area contributed by atoms with E-state index in [4.69, 9.17) is 9.15 Å². The second kappa shape index (κ2) is 14.7. The van der Waals surface area contributed by atoms with Crippen molar-refractivity contribution in [3.63, 3.8) is 0 Å². The molecule has 1 aromatic heterocycles. The van der Waals surface area contributed by atoms with Crippen LogP contribution in [0, 0.1) is 6.92 Å². The molecule has 3 amide bonds. The molecule has 0 aliphatic carbocycles. The van der Waals surface area contributed by atoms with Crippen molar-refractivity contribution in [1.82, 2.24) is 5.32 Å². The van der Waals surface area contributed by atoms with Crippen LogP contribution < -0.4 is 20.3 Å². The molecule has 4 rings (SSSR count). The number of anilines is 2. The van der Waals surface area contributed by atoms with E-state index in [1.807, 2.05) is 62.4 Å². The van der Waals surface area contributed by atoms with Crippen LogP contribution in [0.25, 0.3) is 0 Å². The number of carbonyl (C=O) groups excluding carboxylic acids is 3. The fourth-order valence-electron chi connectivity index (χ4n) is 4.49. The average Bonchev–Trinajstić information content (AvgIpc) is 3.53. The monoisotopic (exact) mass is 579 g/mol. The van der Waals surface area contributed by atoms with E-state index in [2.05, 4.69) is 24.5 Å². The number of hydrogen-bond acceptors (Lipinski definition) is 5. The highest BCUT2D eigenvalue weighted by molar-refractivity contribution is 6.10. The first-order valence-electron chi connectivity index (χ1n) is 14.3. The van der Waals surface area contributed by atoms with Gasteiger partial charge in [0.15, 0.2) is 0 Å². The Morgan fingerprint density at radius 3 is 2.16 bits per heavy atom. The lowest BCUT2D eigenvalue weighted by molar-refractivity contribution is -0.125. The zero-order valence-electron chi connectivity index (χ0n) is 24.9. The van der Waals surface area contributed by atoms with Gasteiger partial charge in [0.1, 0.15) is 17.6 Å². The fraction of sp³-hybridized carbons (Fsp3) is 0.229. The third kappa shape index (κ3) is 8.45. The molecular formula is C35H37N3O5. The molecule has 43 heavy (non-hydrogen) atoms. The molecule has 0 aliphatic heterocycles. The molecule has 0 aliphatic rings. The molecule has 2 N–H and O–H groups in total. The SMILES string of the molecule is CCOc1ccc(NC(=O)/C=C\C(=O)N(c2ccc(C(C)C)cc2)[C@H](C(=O)NCc2ccco2)c2ccc(C)cc2)cc1. The summed E-state index contributed by atoms with van der Waals surface area (Å²) in [7, 11) is 0. The number of nitrogens with one attached hydrogen (secondary N) is 2. The summed E-state index contributed by atoms with van der Waals surface area (Å²) >= 11 is 0. The van der Waals surface area contributed by atoms with E-state index < -0.39 is 23.8 Å². The molecule has 0 saturated carbocycles. The molecule has 1 atom stereocenters. The van der Waals surface area contributed by atoms with Gasteiger partial charge < -0.3 is 19.8 Å². The Morgan fingerprint density at radius 2 is 1.56 bits per heavy atom. The van der Waals surface area contributed by atoms with Gasteiger partial charge >= 0.3 is 0 Å². The van der Waals surface area contributed by atoms with Crippen molar-refractivity contribution >= 4 is 29.1 Å². The first-order valence-corrected chi connectivity index (χ1v) is 14.3. The number of rotatable bonds is 12. The van der Waals surface area contributed by atoms with E-state index >= 15 is 0 Å². The maximum absolute atomic E-state index is 13.9. The van der Waals surface area contributed by atoms with Crippen molar-refractivity contribution in [3.05, 3.63) is 126 Å². The van der Waals surface area contributed by atoms with E-state index in [9.17, 15) is 14.4 Å². The molecule has 0 radical (unpaired) electrons. The normalized spacial score (nSPS) is 11.7. The van der Waals surface area contributed by atoms with Gasteiger partial charge in [0, 0.05) is 23.5 Å². The molecule has 8 nitrogen and oxygen atoms in total. The quantitative estimate of drug-likeness (QED) is 0.182. The second-order valence-corrected chi connectivity index (χ2v) is 10.3. The van der Waals surface area contributed by atoms with Gasteiger partial charge in [-0.25, -0.2) is 0 Å². The van der Waals surface area contributed by atoms with Crippen LogP contribution in [0.2, 0.25) is 0 Å². The number of nitrogens with zero attached hydrogens (tertiary/aromatic N) is 1. The molecule has 0 unspecified atom stereocenters. The number of ether oxygens (including phenoxy) is 1. The van der Waals surface area contributed by atoms with Gasteiger partial charge in [0.2, 0.25) is 11.8 Å². The maximum Gasteiger partial charge on any atom is 0.252 e. The van der Waals surface area contributed by atoms with Gasteiger partial charge in [-0.1, -0.05) is 55.8 Å². The van der Waals surface area contributed by atoms with Gasteiger partial charge in [-0.2, -0.15) is 0 Å². The van der Waals surface area contributed by atoms with Crippen molar-refractivity contribution in [2.45, 2.75) is 46.2 Å². The van der Waals surface area contributed by atoms with Crippen LogP contribution in [0.3, 0.4) is 0 Å². The Labute approximate surface area is 252 Å². The standard InChI is InChI=1S/C35H37N3O5/c1-5-42-30-18-14-28(15-19-30)37-32(39)20-21-33(40)38(29-16-12-26(13-17-29)24(2)3)34(27-10-8-25(4)9-11-27)35(41)36-23-31-7-6-22-43-31/h6-22,24,34H,5,23H2,1-4H3,(H,36,41)(H,37,39)/b21-20-/t34-/m0/s1. The lowest BCUT2D eigenvalue weighted by atomic mass is 9.99. The van der Waals surface area contributed by atoms with Crippen molar-refractivity contribution in [2.75, 3.05) is 16.8 Å². The molecular weight excluding hydrogens is 542 g/mol. The summed E-state index contributed by atoms with van der Waals surface area (Å²) in [5.41, 5.74) is 3.81. The molecule has 0 fully saturated rings. The molecule has 8 heteroatoms. The summed E-state index contributed by atoms with van der Waals surface area (Å²) in [6, 6.07) is 24.4. The van der Waals surface area contributed by atoms with E-state index in [0.717, 1.165) is 11.1 Å². The number of benzene rings is 3. The van der Waals surface area contributed by atoms with Gasteiger partial charge in [0.05, 0.1) is 19.4 Å². The van der Waals surface area contributed by atoms with Crippen molar-refractivity contribution in [2.24, 2.45) is 0 Å². The van der Waals surface area contributed by atoms with Crippen LogP contribution in [-0.4, -0.2) is 24.3 Å². The zero-order valence-corrected chi connectivity index (χ0v) is 24.9. The van der Waals surface area contributed by atoms with Crippen LogP contribution >= 0.6 is 0 Å². The number of amides is 3. The van der Waals surface area contributed by atoms with Crippen LogP contribution in [0.15, 0.2) is 108 Å². The third-order valence-electron chi connectivity index (χ3n) is 6.80. The summed E-state index contributed by atoms with van der Waals surface area (Å²) in [6.07, 6.45) is 3.89. The minimum Gasteiger partial charge on any atom is -0.494 e. The van der Waals surface area contributed by atoms with Crippen molar-refractivity contribution < 1.29 is 23.5 Å².